The SMILES string of the molecule is C=CC(=C)C.SS.c1ccc(-c2ccc3oc4ccc(-n5c6ccccc6c6cc7c(cc65)c5ccccc5n7-c5ccc6oc7ccc(-c8ccccc8)cc7c6c5)cc4c3c2)cc1. The molecule has 13 aromatic rings. The third-order valence-electron chi connectivity index (χ3n) is 12.5. The van der Waals surface area contributed by atoms with Crippen molar-refractivity contribution >= 4 is 111 Å². The fourth-order valence-corrected chi connectivity index (χ4v) is 9.42. The monoisotopic (exact) mass is 874 g/mol. The molecular weight excluding hydrogens is 833 g/mol. The van der Waals surface area contributed by atoms with Gasteiger partial charge in [0, 0.05) is 54.5 Å². The molecule has 0 unspecified atom stereocenters. The van der Waals surface area contributed by atoms with E-state index in [1.807, 2.05) is 6.92 Å². The van der Waals surface area contributed by atoms with Crippen molar-refractivity contribution in [2.75, 3.05) is 0 Å². The Morgan fingerprint density at radius 2 is 0.738 bits per heavy atom. The predicted octanol–water partition coefficient (Wildman–Crippen LogP) is 17.5. The average molecular weight is 875 g/mol. The predicted molar refractivity (Wildman–Crippen MR) is 284 cm³/mol. The van der Waals surface area contributed by atoms with Crippen LogP contribution >= 0.6 is 23.3 Å². The van der Waals surface area contributed by atoms with E-state index in [9.17, 15) is 0 Å². The zero-order valence-electron chi connectivity index (χ0n) is 35.6. The molecule has 9 aromatic carbocycles. The number of furan rings is 2. The third kappa shape index (κ3) is 6.81. The fraction of sp³-hybridized carbons (Fsp3) is 0.0169. The van der Waals surface area contributed by atoms with E-state index in [4.69, 9.17) is 8.83 Å². The number of allylic oxidation sites excluding steroid dienone is 2. The first kappa shape index (κ1) is 40.2. The van der Waals surface area contributed by atoms with E-state index in [0.29, 0.717) is 0 Å². The summed E-state index contributed by atoms with van der Waals surface area (Å²) in [6.07, 6.45) is 1.72. The molecule has 0 atom stereocenters. The van der Waals surface area contributed by atoms with Crippen molar-refractivity contribution in [1.82, 2.24) is 9.13 Å². The molecule has 0 radical (unpaired) electrons. The second-order valence-electron chi connectivity index (χ2n) is 16.4. The van der Waals surface area contributed by atoms with Crippen LogP contribution in [0, 0.1) is 0 Å². The van der Waals surface area contributed by atoms with E-state index in [2.05, 4.69) is 240 Å². The zero-order valence-corrected chi connectivity index (χ0v) is 37.4. The minimum Gasteiger partial charge on any atom is -0.456 e. The molecule has 0 spiro atoms. The van der Waals surface area contributed by atoms with Gasteiger partial charge in [-0.05, 0) is 114 Å². The number of nitrogens with zero attached hydrogens (tertiary/aromatic N) is 2. The van der Waals surface area contributed by atoms with Crippen LogP contribution in [0.15, 0.2) is 228 Å². The summed E-state index contributed by atoms with van der Waals surface area (Å²) in [4.78, 5) is 0. The lowest BCUT2D eigenvalue weighted by Crippen LogP contribution is -1.94. The summed E-state index contributed by atoms with van der Waals surface area (Å²) in [6.45, 7) is 8.93. The maximum atomic E-state index is 6.39. The Balaban J connectivity index is 0.000000630. The van der Waals surface area contributed by atoms with Gasteiger partial charge in [0.15, 0.2) is 0 Å². The van der Waals surface area contributed by atoms with Gasteiger partial charge in [0.1, 0.15) is 22.3 Å². The normalized spacial score (nSPS) is 11.4. The van der Waals surface area contributed by atoms with Gasteiger partial charge in [0.05, 0.1) is 22.1 Å². The van der Waals surface area contributed by atoms with Crippen LogP contribution in [-0.2, 0) is 0 Å². The lowest BCUT2D eigenvalue weighted by Gasteiger charge is -2.10. The Labute approximate surface area is 386 Å². The topological polar surface area (TPSA) is 36.1 Å². The molecule has 0 aliphatic heterocycles. The highest BCUT2D eigenvalue weighted by atomic mass is 33.1. The fourth-order valence-electron chi connectivity index (χ4n) is 9.42. The lowest BCUT2D eigenvalue weighted by molar-refractivity contribution is 0.668. The molecule has 6 heteroatoms. The van der Waals surface area contributed by atoms with Crippen LogP contribution in [-0.4, -0.2) is 9.13 Å². The van der Waals surface area contributed by atoms with E-state index >= 15 is 0 Å². The van der Waals surface area contributed by atoms with Crippen LogP contribution in [0.5, 0.6) is 0 Å². The maximum Gasteiger partial charge on any atom is 0.135 e. The van der Waals surface area contributed by atoms with Crippen LogP contribution in [0.2, 0.25) is 0 Å². The number of aromatic nitrogens is 2. The van der Waals surface area contributed by atoms with Gasteiger partial charge in [-0.2, -0.15) is 0 Å². The van der Waals surface area contributed by atoms with Crippen molar-refractivity contribution in [3.8, 4) is 33.6 Å². The van der Waals surface area contributed by atoms with Crippen molar-refractivity contribution in [2.24, 2.45) is 0 Å². The molecule has 312 valence electrons. The molecule has 65 heavy (non-hydrogen) atoms. The van der Waals surface area contributed by atoms with Crippen molar-refractivity contribution in [2.45, 2.75) is 6.92 Å². The molecule has 4 nitrogen and oxygen atoms in total. The number of para-hydroxylation sites is 2. The maximum absolute atomic E-state index is 6.39. The highest BCUT2D eigenvalue weighted by molar-refractivity contribution is 8.59. The molecule has 0 saturated carbocycles. The number of thiol groups is 2. The quantitative estimate of drug-likeness (QED) is 0.103. The van der Waals surface area contributed by atoms with Crippen LogP contribution in [0.1, 0.15) is 6.92 Å². The summed E-state index contributed by atoms with van der Waals surface area (Å²) in [5.74, 6) is 0. The molecule has 0 amide bonds. The van der Waals surface area contributed by atoms with Gasteiger partial charge in [-0.1, -0.05) is 134 Å². The number of fused-ring (bicyclic) bond motifs is 12. The molecule has 0 bridgehead atoms. The summed E-state index contributed by atoms with van der Waals surface area (Å²) < 4.78 is 17.6. The smallest absolute Gasteiger partial charge is 0.135 e. The molecule has 0 aliphatic rings. The van der Waals surface area contributed by atoms with E-state index < -0.39 is 0 Å². The van der Waals surface area contributed by atoms with Gasteiger partial charge < -0.3 is 18.0 Å². The zero-order chi connectivity index (χ0) is 44.2. The van der Waals surface area contributed by atoms with Crippen LogP contribution in [0.25, 0.3) is 121 Å². The molecule has 0 aliphatic carbocycles. The lowest BCUT2D eigenvalue weighted by atomic mass is 10.0. The molecule has 13 rings (SSSR count). The van der Waals surface area contributed by atoms with E-state index in [1.165, 1.54) is 65.9 Å². The standard InChI is InChI=1S/C54H32N2O2.C5H8.H2S2/c1-3-11-33(12-4-1)35-19-23-51-43(27-35)45-29-37(21-25-53(45)57-51)55-47-17-9-7-15-39(47)41-32-50-42(31-49(41)55)40-16-8-10-18-48(40)56(50)38-22-26-54-46(30-38)44-28-36(20-24-52(44)58-54)34-13-5-2-6-14-34;1-4-5(2)3;1-2/h1-32H;4H,1-2H2,3H3;1-2H. The van der Waals surface area contributed by atoms with Gasteiger partial charge in [0.2, 0.25) is 0 Å². The van der Waals surface area contributed by atoms with Gasteiger partial charge >= 0.3 is 0 Å². The number of hydrogen-bond acceptors (Lipinski definition) is 4. The van der Waals surface area contributed by atoms with Gasteiger partial charge in [-0.15, -0.1) is 23.3 Å². The Morgan fingerprint density at radius 1 is 0.385 bits per heavy atom. The number of rotatable bonds is 5. The Bertz CT molecular complexity index is 3710. The van der Waals surface area contributed by atoms with E-state index in [1.54, 1.807) is 6.08 Å². The second kappa shape index (κ2) is 16.5. The Kier molecular flexibility index (Phi) is 10.2. The summed E-state index contributed by atoms with van der Waals surface area (Å²) in [5.41, 5.74) is 16.2. The van der Waals surface area contributed by atoms with Crippen molar-refractivity contribution in [3.05, 3.63) is 219 Å². The Hall–Kier alpha value is -7.64. The first-order chi connectivity index (χ1) is 32.0. The molecule has 0 saturated heterocycles. The minimum atomic E-state index is 0.883. The Morgan fingerprint density at radius 3 is 1.14 bits per heavy atom. The summed E-state index contributed by atoms with van der Waals surface area (Å²) in [7, 11) is 0. The van der Waals surface area contributed by atoms with Gasteiger partial charge in [-0.3, -0.25) is 0 Å². The van der Waals surface area contributed by atoms with Crippen molar-refractivity contribution in [1.29, 1.82) is 0 Å². The van der Waals surface area contributed by atoms with Gasteiger partial charge in [-0.25, -0.2) is 0 Å². The molecule has 4 heterocycles. The van der Waals surface area contributed by atoms with Crippen molar-refractivity contribution < 1.29 is 8.83 Å². The first-order valence-electron chi connectivity index (χ1n) is 21.5. The van der Waals surface area contributed by atoms with E-state index in [0.717, 1.165) is 60.8 Å². The number of hydrogen-bond donors (Lipinski definition) is 2. The molecule has 0 fully saturated rings. The van der Waals surface area contributed by atoms with Crippen LogP contribution < -0.4 is 0 Å². The molecular formula is C59H42N2O2S2. The minimum absolute atomic E-state index is 0.883. The van der Waals surface area contributed by atoms with Crippen LogP contribution in [0.4, 0.5) is 0 Å². The second-order valence-corrected chi connectivity index (χ2v) is 16.4. The first-order valence-corrected chi connectivity index (χ1v) is 23.1. The summed E-state index contributed by atoms with van der Waals surface area (Å²) in [6, 6.07) is 69.6. The third-order valence-corrected chi connectivity index (χ3v) is 12.5. The molecule has 4 aromatic heterocycles. The average Bonchev–Trinajstić information content (AvgIpc) is 4.11. The highest BCUT2D eigenvalue weighted by Gasteiger charge is 2.20. The van der Waals surface area contributed by atoms with Crippen LogP contribution in [0.3, 0.4) is 0 Å². The number of benzene rings is 9. The van der Waals surface area contributed by atoms with Crippen molar-refractivity contribution in [3.63, 3.8) is 0 Å². The van der Waals surface area contributed by atoms with Gasteiger partial charge in [0.25, 0.3) is 0 Å². The molecule has 0 N–H and O–H groups in total. The largest absolute Gasteiger partial charge is 0.456 e. The summed E-state index contributed by atoms with van der Waals surface area (Å²) in [5, 5.41) is 9.27. The summed E-state index contributed by atoms with van der Waals surface area (Å²) >= 11 is 6.44. The highest BCUT2D eigenvalue weighted by Crippen LogP contribution is 2.42. The van der Waals surface area contributed by atoms with E-state index in [-0.39, 0.29) is 0 Å².